The molecule has 16 heavy (non-hydrogen) atoms. The highest BCUT2D eigenvalue weighted by atomic mass is 79.9. The minimum atomic E-state index is -1.37. The van der Waals surface area contributed by atoms with Gasteiger partial charge >= 0.3 is 11.9 Å². The van der Waals surface area contributed by atoms with Crippen molar-refractivity contribution in [1.82, 2.24) is 0 Å². The Morgan fingerprint density at radius 3 is 2.88 bits per heavy atom. The maximum atomic E-state index is 11.5. The van der Waals surface area contributed by atoms with Gasteiger partial charge in [0.1, 0.15) is 0 Å². The molecule has 6 heteroatoms. The molecule has 0 aromatic carbocycles. The summed E-state index contributed by atoms with van der Waals surface area (Å²) in [7, 11) is 0. The number of rotatable bonds is 5. The number of alkyl halides is 1. The van der Waals surface area contributed by atoms with Gasteiger partial charge < -0.3 is 14.2 Å². The minimum absolute atomic E-state index is 0.0509. The third-order valence-corrected chi connectivity index (χ3v) is 2.25. The lowest BCUT2D eigenvalue weighted by Crippen LogP contribution is -2.36. The van der Waals surface area contributed by atoms with E-state index >= 15 is 0 Å². The smallest absolute Gasteiger partial charge is 0.374 e. The molecular weight excluding hydrogens is 280 g/mol. The summed E-state index contributed by atoms with van der Waals surface area (Å²) in [6.07, 6.45) is 1.34. The van der Waals surface area contributed by atoms with Gasteiger partial charge in [0.2, 0.25) is 11.4 Å². The number of carbonyl (C=O) groups is 2. The first-order valence-electron chi connectivity index (χ1n) is 4.85. The molecule has 0 N–H and O–H groups in total. The van der Waals surface area contributed by atoms with E-state index in [1.165, 1.54) is 13.0 Å². The molecule has 0 fully saturated rings. The van der Waals surface area contributed by atoms with E-state index in [1.807, 2.05) is 0 Å². The molecule has 5 nitrogen and oxygen atoms in total. The lowest BCUT2D eigenvalue weighted by molar-refractivity contribution is -0.170. The Morgan fingerprint density at radius 1 is 1.62 bits per heavy atom. The molecule has 0 saturated carbocycles. The monoisotopic (exact) mass is 292 g/mol. The Bertz CT molecular complexity index is 325. The van der Waals surface area contributed by atoms with E-state index in [0.717, 1.165) is 0 Å². The van der Waals surface area contributed by atoms with Crippen LogP contribution in [-0.2, 0) is 23.8 Å². The lowest BCUT2D eigenvalue weighted by Gasteiger charge is -2.17. The van der Waals surface area contributed by atoms with Crippen molar-refractivity contribution in [2.45, 2.75) is 19.4 Å². The van der Waals surface area contributed by atoms with Crippen LogP contribution in [0.15, 0.2) is 11.8 Å². The summed E-state index contributed by atoms with van der Waals surface area (Å²) >= 11 is 3.16. The lowest BCUT2D eigenvalue weighted by atomic mass is 10.1. The predicted octanol–water partition coefficient (Wildman–Crippen LogP) is 1.16. The zero-order valence-corrected chi connectivity index (χ0v) is 10.7. The van der Waals surface area contributed by atoms with Crippen molar-refractivity contribution in [3.05, 3.63) is 11.8 Å². The van der Waals surface area contributed by atoms with Crippen LogP contribution in [-0.4, -0.2) is 36.1 Å². The second-order valence-corrected chi connectivity index (χ2v) is 4.06. The molecule has 1 aliphatic rings. The largest absolute Gasteiger partial charge is 0.486 e. The third-order valence-electron chi connectivity index (χ3n) is 1.93. The number of ether oxygens (including phenoxy) is 3. The van der Waals surface area contributed by atoms with Crippen LogP contribution in [0.4, 0.5) is 0 Å². The molecule has 0 radical (unpaired) electrons. The molecular formula is C10H13BrO5. The molecule has 1 atom stereocenters. The van der Waals surface area contributed by atoms with E-state index in [0.29, 0.717) is 11.9 Å². The van der Waals surface area contributed by atoms with E-state index in [1.54, 1.807) is 6.92 Å². The average Bonchev–Trinajstić information content (AvgIpc) is 2.53. The fourth-order valence-electron chi connectivity index (χ4n) is 1.21. The highest BCUT2D eigenvalue weighted by molar-refractivity contribution is 9.09. The second-order valence-electron chi connectivity index (χ2n) is 3.26. The van der Waals surface area contributed by atoms with Crippen LogP contribution in [0.5, 0.6) is 0 Å². The first-order valence-corrected chi connectivity index (χ1v) is 5.98. The summed E-state index contributed by atoms with van der Waals surface area (Å²) in [6, 6.07) is 0. The van der Waals surface area contributed by atoms with E-state index in [-0.39, 0.29) is 12.4 Å². The number of hydrogen-bond donors (Lipinski definition) is 0. The van der Waals surface area contributed by atoms with Crippen LogP contribution in [0.1, 0.15) is 13.8 Å². The van der Waals surface area contributed by atoms with Crippen molar-refractivity contribution < 1.29 is 23.8 Å². The van der Waals surface area contributed by atoms with Crippen LogP contribution < -0.4 is 0 Å². The van der Waals surface area contributed by atoms with Gasteiger partial charge in [-0.25, -0.2) is 9.59 Å². The summed E-state index contributed by atoms with van der Waals surface area (Å²) in [5.41, 5.74) is -1.37. The van der Waals surface area contributed by atoms with Gasteiger partial charge in [-0.2, -0.15) is 0 Å². The highest BCUT2D eigenvalue weighted by Crippen LogP contribution is 2.26. The van der Waals surface area contributed by atoms with Crippen molar-refractivity contribution in [2.24, 2.45) is 0 Å². The number of esters is 2. The third kappa shape index (κ3) is 2.75. The SMILES string of the molecule is CCOC(=O)C1(C)C=C(OCCBr)C(=O)O1. The van der Waals surface area contributed by atoms with Gasteiger partial charge in [-0.3, -0.25) is 0 Å². The van der Waals surface area contributed by atoms with Gasteiger partial charge in [-0.15, -0.1) is 0 Å². The number of hydrogen-bond acceptors (Lipinski definition) is 5. The number of cyclic esters (lactones) is 1. The van der Waals surface area contributed by atoms with E-state index < -0.39 is 17.5 Å². The molecule has 1 aliphatic heterocycles. The van der Waals surface area contributed by atoms with Crippen molar-refractivity contribution in [1.29, 1.82) is 0 Å². The van der Waals surface area contributed by atoms with Gasteiger partial charge in [0.05, 0.1) is 13.2 Å². The molecule has 0 aromatic rings. The molecule has 0 aliphatic carbocycles. The first-order chi connectivity index (χ1) is 7.53. The summed E-state index contributed by atoms with van der Waals surface area (Å²) in [4.78, 5) is 22.9. The molecule has 0 spiro atoms. The van der Waals surface area contributed by atoms with E-state index in [2.05, 4.69) is 15.9 Å². The van der Waals surface area contributed by atoms with Crippen LogP contribution >= 0.6 is 15.9 Å². The van der Waals surface area contributed by atoms with Crippen molar-refractivity contribution in [3.63, 3.8) is 0 Å². The zero-order valence-electron chi connectivity index (χ0n) is 9.12. The molecule has 0 bridgehead atoms. The van der Waals surface area contributed by atoms with Gasteiger partial charge in [-0.1, -0.05) is 15.9 Å². The van der Waals surface area contributed by atoms with E-state index in [4.69, 9.17) is 14.2 Å². The van der Waals surface area contributed by atoms with Gasteiger partial charge in [0.15, 0.2) is 0 Å². The summed E-state index contributed by atoms with van der Waals surface area (Å²) < 4.78 is 14.9. The Morgan fingerprint density at radius 2 is 2.31 bits per heavy atom. The molecule has 1 heterocycles. The average molecular weight is 293 g/mol. The normalized spacial score (nSPS) is 23.7. The molecule has 0 saturated heterocycles. The Kier molecular flexibility index (Phi) is 4.35. The van der Waals surface area contributed by atoms with Crippen LogP contribution in [0.25, 0.3) is 0 Å². The Labute approximate surface area is 102 Å². The maximum Gasteiger partial charge on any atom is 0.374 e. The van der Waals surface area contributed by atoms with E-state index in [9.17, 15) is 9.59 Å². The Hall–Kier alpha value is -1.04. The molecule has 0 amide bonds. The first kappa shape index (κ1) is 13.0. The van der Waals surface area contributed by atoms with Gasteiger partial charge in [-0.05, 0) is 13.8 Å². The summed E-state index contributed by atoms with van der Waals surface area (Å²) in [5.74, 6) is -1.19. The van der Waals surface area contributed by atoms with Crippen molar-refractivity contribution in [2.75, 3.05) is 18.5 Å². The predicted molar refractivity (Wildman–Crippen MR) is 59.0 cm³/mol. The molecule has 1 unspecified atom stereocenters. The maximum absolute atomic E-state index is 11.5. The summed E-state index contributed by atoms with van der Waals surface area (Å²) in [5, 5.41) is 0.591. The van der Waals surface area contributed by atoms with Crippen molar-refractivity contribution in [3.8, 4) is 0 Å². The molecule has 0 aromatic heterocycles. The van der Waals surface area contributed by atoms with Crippen LogP contribution in [0.3, 0.4) is 0 Å². The zero-order chi connectivity index (χ0) is 12.2. The van der Waals surface area contributed by atoms with Gasteiger partial charge in [0.25, 0.3) is 0 Å². The van der Waals surface area contributed by atoms with Crippen LogP contribution in [0.2, 0.25) is 0 Å². The quantitative estimate of drug-likeness (QED) is 0.562. The number of carbonyl (C=O) groups excluding carboxylic acids is 2. The Balaban J connectivity index is 2.74. The molecule has 90 valence electrons. The standard InChI is InChI=1S/C10H13BrO5/c1-3-14-9(13)10(2)6-7(8(12)16-10)15-5-4-11/h6H,3-5H2,1-2H3. The van der Waals surface area contributed by atoms with Gasteiger partial charge in [0, 0.05) is 11.4 Å². The topological polar surface area (TPSA) is 61.8 Å². The highest BCUT2D eigenvalue weighted by Gasteiger charge is 2.44. The summed E-state index contributed by atoms with van der Waals surface area (Å²) in [6.45, 7) is 3.72. The number of halogens is 1. The molecule has 1 rings (SSSR count). The minimum Gasteiger partial charge on any atom is -0.486 e. The fourth-order valence-corrected chi connectivity index (χ4v) is 1.37. The fraction of sp³-hybridized carbons (Fsp3) is 0.600. The second kappa shape index (κ2) is 5.34. The van der Waals surface area contributed by atoms with Crippen LogP contribution in [0, 0.1) is 0 Å². The van der Waals surface area contributed by atoms with Crippen molar-refractivity contribution >= 4 is 27.9 Å².